The first kappa shape index (κ1) is 13.6. The number of rotatable bonds is 5. The molecule has 1 aromatic rings. The van der Waals surface area contributed by atoms with Crippen molar-refractivity contribution in [3.05, 3.63) is 23.2 Å². The van der Waals surface area contributed by atoms with Crippen molar-refractivity contribution >= 4 is 0 Å². The largest absolute Gasteiger partial charge is 0.465 e. The van der Waals surface area contributed by atoms with Gasteiger partial charge >= 0.3 is 0 Å². The van der Waals surface area contributed by atoms with Gasteiger partial charge in [-0.2, -0.15) is 0 Å². The number of aryl methyl sites for hydroxylation is 1. The molecule has 0 bridgehead atoms. The van der Waals surface area contributed by atoms with Crippen molar-refractivity contribution in [3.8, 4) is 0 Å². The van der Waals surface area contributed by atoms with Crippen molar-refractivity contribution in [2.24, 2.45) is 5.92 Å². The molecule has 1 aliphatic rings. The molecule has 0 radical (unpaired) electrons. The molecule has 3 nitrogen and oxygen atoms in total. The van der Waals surface area contributed by atoms with Gasteiger partial charge in [0.25, 0.3) is 0 Å². The van der Waals surface area contributed by atoms with Gasteiger partial charge in [0.15, 0.2) is 0 Å². The van der Waals surface area contributed by atoms with Crippen LogP contribution in [0, 0.1) is 12.8 Å². The van der Waals surface area contributed by atoms with Gasteiger partial charge in [-0.1, -0.05) is 6.92 Å². The van der Waals surface area contributed by atoms with E-state index >= 15 is 0 Å². The van der Waals surface area contributed by atoms with E-state index in [0.29, 0.717) is 12.7 Å². The van der Waals surface area contributed by atoms with E-state index < -0.39 is 0 Å². The molecule has 0 atom stereocenters. The van der Waals surface area contributed by atoms with Crippen LogP contribution >= 0.6 is 0 Å². The van der Waals surface area contributed by atoms with Crippen molar-refractivity contribution in [1.29, 1.82) is 0 Å². The predicted octanol–water partition coefficient (Wildman–Crippen LogP) is 3.40. The highest BCUT2D eigenvalue weighted by Gasteiger charge is 2.19. The molecule has 0 saturated heterocycles. The van der Waals surface area contributed by atoms with Crippen molar-refractivity contribution in [1.82, 2.24) is 5.32 Å². The molecule has 0 aliphatic heterocycles. The first-order valence-electron chi connectivity index (χ1n) is 7.03. The van der Waals surface area contributed by atoms with Gasteiger partial charge in [0.05, 0.1) is 19.3 Å². The minimum absolute atomic E-state index is 0.447. The van der Waals surface area contributed by atoms with E-state index in [1.54, 1.807) is 0 Å². The predicted molar refractivity (Wildman–Crippen MR) is 72.4 cm³/mol. The summed E-state index contributed by atoms with van der Waals surface area (Å²) in [6.07, 6.45) is 5.48. The summed E-state index contributed by atoms with van der Waals surface area (Å²) in [7, 11) is 1.93. The summed E-state index contributed by atoms with van der Waals surface area (Å²) in [5, 5.41) is 3.10. The highest BCUT2D eigenvalue weighted by molar-refractivity contribution is 5.19. The zero-order chi connectivity index (χ0) is 13.0. The monoisotopic (exact) mass is 251 g/mol. The van der Waals surface area contributed by atoms with Crippen molar-refractivity contribution in [2.75, 3.05) is 7.05 Å². The third-order valence-electron chi connectivity index (χ3n) is 3.86. The normalized spacial score (nSPS) is 24.4. The molecule has 0 amide bonds. The Morgan fingerprint density at radius 3 is 2.72 bits per heavy atom. The van der Waals surface area contributed by atoms with E-state index in [1.165, 1.54) is 31.2 Å². The summed E-state index contributed by atoms with van der Waals surface area (Å²) in [4.78, 5) is 0. The minimum atomic E-state index is 0.447. The maximum absolute atomic E-state index is 6.01. The van der Waals surface area contributed by atoms with E-state index in [-0.39, 0.29) is 0 Å². The molecule has 1 aliphatic carbocycles. The minimum Gasteiger partial charge on any atom is -0.465 e. The Hall–Kier alpha value is -0.800. The van der Waals surface area contributed by atoms with E-state index in [2.05, 4.69) is 18.3 Å². The second kappa shape index (κ2) is 6.39. The van der Waals surface area contributed by atoms with Gasteiger partial charge < -0.3 is 14.5 Å². The lowest BCUT2D eigenvalue weighted by Gasteiger charge is -2.26. The number of ether oxygens (including phenoxy) is 1. The number of furan rings is 1. The van der Waals surface area contributed by atoms with Gasteiger partial charge in [-0.3, -0.25) is 0 Å². The fourth-order valence-corrected chi connectivity index (χ4v) is 2.60. The van der Waals surface area contributed by atoms with Crippen molar-refractivity contribution in [2.45, 2.75) is 58.8 Å². The third kappa shape index (κ3) is 3.59. The van der Waals surface area contributed by atoms with Gasteiger partial charge in [-0.15, -0.1) is 0 Å². The summed E-state index contributed by atoms with van der Waals surface area (Å²) in [5.41, 5.74) is 1.19. The summed E-state index contributed by atoms with van der Waals surface area (Å²) < 4.78 is 11.7. The summed E-state index contributed by atoms with van der Waals surface area (Å²) in [6.45, 7) is 5.82. The SMILES string of the molecule is CNCc1cc(COC2CCC(C)CC2)c(C)o1. The molecule has 0 unspecified atom stereocenters. The fraction of sp³-hybridized carbons (Fsp3) is 0.733. The van der Waals surface area contributed by atoms with Crippen LogP contribution in [0.3, 0.4) is 0 Å². The lowest BCUT2D eigenvalue weighted by Crippen LogP contribution is -2.20. The maximum atomic E-state index is 6.01. The first-order chi connectivity index (χ1) is 8.69. The molecule has 1 aromatic heterocycles. The fourth-order valence-electron chi connectivity index (χ4n) is 2.60. The van der Waals surface area contributed by atoms with Crippen LogP contribution in [-0.2, 0) is 17.9 Å². The van der Waals surface area contributed by atoms with Gasteiger partial charge in [-0.05, 0) is 51.6 Å². The van der Waals surface area contributed by atoms with Crippen LogP contribution in [-0.4, -0.2) is 13.2 Å². The average Bonchev–Trinajstić information content (AvgIpc) is 2.70. The van der Waals surface area contributed by atoms with Crippen LogP contribution in [0.2, 0.25) is 0 Å². The molecule has 2 rings (SSSR count). The highest BCUT2D eigenvalue weighted by Crippen LogP contribution is 2.26. The molecular formula is C15H25NO2. The molecule has 102 valence electrons. The van der Waals surface area contributed by atoms with Crippen LogP contribution < -0.4 is 5.32 Å². The second-order valence-electron chi connectivity index (χ2n) is 5.52. The number of hydrogen-bond acceptors (Lipinski definition) is 3. The van der Waals surface area contributed by atoms with Crippen LogP contribution in [0.5, 0.6) is 0 Å². The first-order valence-corrected chi connectivity index (χ1v) is 7.03. The summed E-state index contributed by atoms with van der Waals surface area (Å²) in [6, 6.07) is 2.11. The van der Waals surface area contributed by atoms with Crippen LogP contribution in [0.4, 0.5) is 0 Å². The third-order valence-corrected chi connectivity index (χ3v) is 3.86. The zero-order valence-electron chi connectivity index (χ0n) is 11.8. The maximum Gasteiger partial charge on any atom is 0.118 e. The molecule has 1 N–H and O–H groups in total. The summed E-state index contributed by atoms with van der Waals surface area (Å²) in [5.74, 6) is 2.86. The van der Waals surface area contributed by atoms with E-state index in [0.717, 1.165) is 24.0 Å². The lowest BCUT2D eigenvalue weighted by atomic mass is 9.89. The molecule has 1 fully saturated rings. The Balaban J connectivity index is 1.82. The topological polar surface area (TPSA) is 34.4 Å². The van der Waals surface area contributed by atoms with Crippen LogP contribution in [0.1, 0.15) is 49.7 Å². The molecule has 18 heavy (non-hydrogen) atoms. The number of nitrogens with one attached hydrogen (secondary N) is 1. The molecule has 3 heteroatoms. The van der Waals surface area contributed by atoms with E-state index in [1.807, 2.05) is 14.0 Å². The van der Waals surface area contributed by atoms with E-state index in [4.69, 9.17) is 9.15 Å². The lowest BCUT2D eigenvalue weighted by molar-refractivity contribution is 0.00831. The second-order valence-corrected chi connectivity index (χ2v) is 5.52. The highest BCUT2D eigenvalue weighted by atomic mass is 16.5. The molecule has 1 saturated carbocycles. The molecule has 0 aromatic carbocycles. The Morgan fingerprint density at radius 2 is 2.06 bits per heavy atom. The van der Waals surface area contributed by atoms with E-state index in [9.17, 15) is 0 Å². The smallest absolute Gasteiger partial charge is 0.118 e. The van der Waals surface area contributed by atoms with Gasteiger partial charge in [0, 0.05) is 5.56 Å². The Labute approximate surface area is 110 Å². The van der Waals surface area contributed by atoms with Gasteiger partial charge in [0.1, 0.15) is 11.5 Å². The molecular weight excluding hydrogens is 226 g/mol. The number of hydrogen-bond donors (Lipinski definition) is 1. The zero-order valence-corrected chi connectivity index (χ0v) is 11.8. The van der Waals surface area contributed by atoms with Crippen LogP contribution in [0.25, 0.3) is 0 Å². The molecule has 0 spiro atoms. The standard InChI is InChI=1S/C15H25NO2/c1-11-4-6-14(7-5-11)17-10-13-8-15(9-16-3)18-12(13)2/h8,11,14,16H,4-7,9-10H2,1-3H3. The van der Waals surface area contributed by atoms with Crippen LogP contribution in [0.15, 0.2) is 10.5 Å². The Morgan fingerprint density at radius 1 is 1.33 bits per heavy atom. The Kier molecular flexibility index (Phi) is 4.84. The Bertz CT molecular complexity index is 365. The quantitative estimate of drug-likeness (QED) is 0.871. The average molecular weight is 251 g/mol. The van der Waals surface area contributed by atoms with Crippen molar-refractivity contribution < 1.29 is 9.15 Å². The van der Waals surface area contributed by atoms with Crippen molar-refractivity contribution in [3.63, 3.8) is 0 Å². The molecule has 1 heterocycles. The van der Waals surface area contributed by atoms with Gasteiger partial charge in [0.2, 0.25) is 0 Å². The summed E-state index contributed by atoms with van der Waals surface area (Å²) >= 11 is 0. The van der Waals surface area contributed by atoms with Gasteiger partial charge in [-0.25, -0.2) is 0 Å².